The van der Waals surface area contributed by atoms with Crippen molar-refractivity contribution in [3.63, 3.8) is 0 Å². The highest BCUT2D eigenvalue weighted by Crippen LogP contribution is 2.38. The first kappa shape index (κ1) is 15.9. The fraction of sp³-hybridized carbons (Fsp3) is 0.143. The standard InChI is InChI=1S/C14H7BrF6/c15-12-3-1-8(2-4-12)9-5-10(13(16,17)18)7-11(6-9)14(19,20)21/h1-7H. The van der Waals surface area contributed by atoms with E-state index in [2.05, 4.69) is 15.9 Å². The van der Waals surface area contributed by atoms with E-state index in [4.69, 9.17) is 0 Å². The Balaban J connectivity index is 2.63. The lowest BCUT2D eigenvalue weighted by atomic mass is 9.99. The van der Waals surface area contributed by atoms with E-state index >= 15 is 0 Å². The Bertz CT molecular complexity index is 608. The molecule has 0 unspecified atom stereocenters. The Hall–Kier alpha value is -1.50. The second kappa shape index (κ2) is 5.36. The minimum atomic E-state index is -4.84. The van der Waals surface area contributed by atoms with Crippen molar-refractivity contribution in [3.05, 3.63) is 58.1 Å². The van der Waals surface area contributed by atoms with Crippen molar-refractivity contribution in [2.75, 3.05) is 0 Å². The van der Waals surface area contributed by atoms with E-state index in [1.54, 1.807) is 12.1 Å². The molecule has 0 radical (unpaired) electrons. The van der Waals surface area contributed by atoms with Gasteiger partial charge in [-0.1, -0.05) is 28.1 Å². The van der Waals surface area contributed by atoms with Crippen LogP contribution in [-0.4, -0.2) is 0 Å². The lowest BCUT2D eigenvalue weighted by Gasteiger charge is -2.14. The molecule has 0 aliphatic heterocycles. The van der Waals surface area contributed by atoms with Crippen LogP contribution in [0, 0.1) is 0 Å². The highest BCUT2D eigenvalue weighted by molar-refractivity contribution is 9.10. The van der Waals surface area contributed by atoms with Gasteiger partial charge in [-0.25, -0.2) is 0 Å². The molecule has 0 bridgehead atoms. The van der Waals surface area contributed by atoms with Gasteiger partial charge in [0.25, 0.3) is 0 Å². The van der Waals surface area contributed by atoms with Gasteiger partial charge in [-0.3, -0.25) is 0 Å². The van der Waals surface area contributed by atoms with Crippen molar-refractivity contribution < 1.29 is 26.3 Å². The molecule has 0 saturated heterocycles. The number of rotatable bonds is 1. The zero-order valence-electron chi connectivity index (χ0n) is 10.2. The van der Waals surface area contributed by atoms with Crippen molar-refractivity contribution in [2.45, 2.75) is 12.4 Å². The van der Waals surface area contributed by atoms with Crippen LogP contribution in [-0.2, 0) is 12.4 Å². The zero-order valence-corrected chi connectivity index (χ0v) is 11.8. The Labute approximate surface area is 124 Å². The second-order valence-electron chi connectivity index (χ2n) is 4.30. The van der Waals surface area contributed by atoms with Gasteiger partial charge in [-0.05, 0) is 41.5 Å². The molecule has 0 aromatic heterocycles. The minimum absolute atomic E-state index is 0.113. The SMILES string of the molecule is FC(F)(F)c1cc(-c2ccc(Br)cc2)cc(C(F)(F)F)c1. The van der Waals surface area contributed by atoms with E-state index in [9.17, 15) is 26.3 Å². The average Bonchev–Trinajstić information content (AvgIpc) is 2.37. The number of hydrogen-bond donors (Lipinski definition) is 0. The predicted octanol–water partition coefficient (Wildman–Crippen LogP) is 6.15. The molecule has 2 rings (SSSR count). The fourth-order valence-corrected chi connectivity index (χ4v) is 2.03. The van der Waals surface area contributed by atoms with Crippen LogP contribution in [0.25, 0.3) is 11.1 Å². The smallest absolute Gasteiger partial charge is 0.166 e. The highest BCUT2D eigenvalue weighted by Gasteiger charge is 2.36. The van der Waals surface area contributed by atoms with Crippen molar-refractivity contribution in [1.29, 1.82) is 0 Å². The first-order chi connectivity index (χ1) is 9.57. The summed E-state index contributed by atoms with van der Waals surface area (Å²) in [6, 6.07) is 7.50. The maximum Gasteiger partial charge on any atom is 0.416 e. The molecule has 0 aliphatic rings. The largest absolute Gasteiger partial charge is 0.416 e. The number of benzene rings is 2. The van der Waals surface area contributed by atoms with Crippen LogP contribution in [0.5, 0.6) is 0 Å². The molecule has 7 heteroatoms. The summed E-state index contributed by atoms with van der Waals surface area (Å²) in [5, 5.41) is 0. The summed E-state index contributed by atoms with van der Waals surface area (Å²) in [6.07, 6.45) is -9.68. The van der Waals surface area contributed by atoms with E-state index in [1.165, 1.54) is 12.1 Å². The van der Waals surface area contributed by atoms with Crippen LogP contribution in [0.1, 0.15) is 11.1 Å². The van der Waals surface area contributed by atoms with Gasteiger partial charge < -0.3 is 0 Å². The Morgan fingerprint density at radius 2 is 1.05 bits per heavy atom. The van der Waals surface area contributed by atoms with Gasteiger partial charge in [0.05, 0.1) is 11.1 Å². The highest BCUT2D eigenvalue weighted by atomic mass is 79.9. The Morgan fingerprint density at radius 1 is 0.619 bits per heavy atom. The summed E-state index contributed by atoms with van der Waals surface area (Å²) in [5.41, 5.74) is -2.51. The summed E-state index contributed by atoms with van der Waals surface area (Å²) in [6.45, 7) is 0. The molecule has 0 fully saturated rings. The summed E-state index contributed by atoms with van der Waals surface area (Å²) >= 11 is 3.15. The maximum atomic E-state index is 12.7. The first-order valence-corrected chi connectivity index (χ1v) is 6.42. The molecule has 0 saturated carbocycles. The van der Waals surface area contributed by atoms with Gasteiger partial charge in [0.1, 0.15) is 0 Å². The molecule has 0 heterocycles. The molecule has 0 amide bonds. The van der Waals surface area contributed by atoms with Crippen molar-refractivity contribution in [2.24, 2.45) is 0 Å². The van der Waals surface area contributed by atoms with Crippen LogP contribution in [0.3, 0.4) is 0 Å². The van der Waals surface area contributed by atoms with Gasteiger partial charge in [-0.2, -0.15) is 26.3 Å². The molecular formula is C14H7BrF6. The van der Waals surface area contributed by atoms with E-state index in [-0.39, 0.29) is 17.2 Å². The number of hydrogen-bond acceptors (Lipinski definition) is 0. The third-order valence-electron chi connectivity index (χ3n) is 2.77. The number of alkyl halides is 6. The van der Waals surface area contributed by atoms with Gasteiger partial charge in [0.2, 0.25) is 0 Å². The lowest BCUT2D eigenvalue weighted by molar-refractivity contribution is -0.143. The molecule has 0 spiro atoms. The monoisotopic (exact) mass is 368 g/mol. The summed E-state index contributed by atoms with van der Waals surface area (Å²) in [4.78, 5) is 0. The molecule has 2 aromatic carbocycles. The summed E-state index contributed by atoms with van der Waals surface area (Å²) in [7, 11) is 0. The van der Waals surface area contributed by atoms with Crippen molar-refractivity contribution >= 4 is 15.9 Å². The van der Waals surface area contributed by atoms with Gasteiger partial charge in [0, 0.05) is 4.47 Å². The molecule has 112 valence electrons. The first-order valence-electron chi connectivity index (χ1n) is 5.63. The van der Waals surface area contributed by atoms with E-state index < -0.39 is 23.5 Å². The van der Waals surface area contributed by atoms with Gasteiger partial charge >= 0.3 is 12.4 Å². The van der Waals surface area contributed by atoms with Gasteiger partial charge in [0.15, 0.2) is 0 Å². The lowest BCUT2D eigenvalue weighted by Crippen LogP contribution is -2.11. The third kappa shape index (κ3) is 3.78. The predicted molar refractivity (Wildman–Crippen MR) is 69.6 cm³/mol. The molecule has 21 heavy (non-hydrogen) atoms. The van der Waals surface area contributed by atoms with Crippen LogP contribution >= 0.6 is 15.9 Å². The quantitative estimate of drug-likeness (QED) is 0.529. The molecule has 0 N–H and O–H groups in total. The minimum Gasteiger partial charge on any atom is -0.166 e. The molecule has 0 aliphatic carbocycles. The van der Waals surface area contributed by atoms with Crippen molar-refractivity contribution in [1.82, 2.24) is 0 Å². The van der Waals surface area contributed by atoms with E-state index in [0.717, 1.165) is 0 Å². The molecule has 0 nitrogen and oxygen atoms in total. The van der Waals surface area contributed by atoms with E-state index in [1.807, 2.05) is 0 Å². The third-order valence-corrected chi connectivity index (χ3v) is 3.29. The molecule has 0 atom stereocenters. The fourth-order valence-electron chi connectivity index (χ4n) is 1.76. The average molecular weight is 369 g/mol. The maximum absolute atomic E-state index is 12.7. The zero-order chi connectivity index (χ0) is 15.8. The van der Waals surface area contributed by atoms with E-state index in [0.29, 0.717) is 16.6 Å². The van der Waals surface area contributed by atoms with Crippen LogP contribution in [0.2, 0.25) is 0 Å². The molecule has 2 aromatic rings. The van der Waals surface area contributed by atoms with Crippen molar-refractivity contribution in [3.8, 4) is 11.1 Å². The number of halogens is 7. The van der Waals surface area contributed by atoms with Crippen LogP contribution in [0.15, 0.2) is 46.9 Å². The normalized spacial score (nSPS) is 12.5. The topological polar surface area (TPSA) is 0 Å². The van der Waals surface area contributed by atoms with Crippen LogP contribution in [0.4, 0.5) is 26.3 Å². The second-order valence-corrected chi connectivity index (χ2v) is 5.22. The van der Waals surface area contributed by atoms with Gasteiger partial charge in [-0.15, -0.1) is 0 Å². The van der Waals surface area contributed by atoms with Crippen LogP contribution < -0.4 is 0 Å². The Kier molecular flexibility index (Phi) is 4.06. The summed E-state index contributed by atoms with van der Waals surface area (Å²) < 4.78 is 77.1. The molecular weight excluding hydrogens is 362 g/mol. The summed E-state index contributed by atoms with van der Waals surface area (Å²) in [5.74, 6) is 0. The Morgan fingerprint density at radius 3 is 1.43 bits per heavy atom.